The summed E-state index contributed by atoms with van der Waals surface area (Å²) in [6.07, 6.45) is 0. The summed E-state index contributed by atoms with van der Waals surface area (Å²) in [5.41, 5.74) is 24.2. The van der Waals surface area contributed by atoms with E-state index in [4.69, 9.17) is 0 Å². The first-order chi connectivity index (χ1) is 26.5. The minimum absolute atomic E-state index is 0. The summed E-state index contributed by atoms with van der Waals surface area (Å²) >= 11 is 2.42. The molecule has 1 atom stereocenters. The van der Waals surface area contributed by atoms with Crippen molar-refractivity contribution >= 4 is 23.6 Å². The summed E-state index contributed by atoms with van der Waals surface area (Å²) in [6, 6.07) is 43.4. The van der Waals surface area contributed by atoms with Gasteiger partial charge in [0.1, 0.15) is 0 Å². The first-order valence-electron chi connectivity index (χ1n) is 20.2. The van der Waals surface area contributed by atoms with Crippen molar-refractivity contribution in [1.29, 1.82) is 0 Å². The number of hydrogen-bond donors (Lipinski definition) is 0. The van der Waals surface area contributed by atoms with Crippen LogP contribution in [0.3, 0.4) is 0 Å². The second-order valence-electron chi connectivity index (χ2n) is 17.2. The minimum atomic E-state index is -2.92. The molecule has 0 fully saturated rings. The Balaban J connectivity index is 0.00000256. The molecule has 0 aliphatic heterocycles. The molecule has 1 unspecified atom stereocenters. The molecule has 0 saturated heterocycles. The number of rotatable bonds is 7. The average Bonchev–Trinajstić information content (AvgIpc) is 3.28. The molecular formula is C54H57Cl3SiTi. The van der Waals surface area contributed by atoms with Gasteiger partial charge in [-0.05, 0) is 0 Å². The number of benzene rings is 6. The first-order valence-corrected chi connectivity index (χ1v) is 23.0. The summed E-state index contributed by atoms with van der Waals surface area (Å²) in [6.45, 7) is 29.8. The van der Waals surface area contributed by atoms with E-state index < -0.39 is 8.07 Å². The van der Waals surface area contributed by atoms with Crippen LogP contribution < -0.4 is 52.8 Å². The molecule has 0 saturated carbocycles. The Morgan fingerprint density at radius 2 is 0.610 bits per heavy atom. The number of aryl methyl sites for hydroxylation is 9. The SMILES string of the molecule is CC1=C(C)C(C)([Si](c2ccc(-c3c(C)cc(C)cc3C)cc2)(c2ccc(-c3c(C)cc(C)cc3C)cc2)c2ccc(-c3c(C)cc(C)cc3C)cc2)[C]([Ti+3])=C1C.[Cl-].[Cl-].[Cl-]. The van der Waals surface area contributed by atoms with Gasteiger partial charge in [-0.3, -0.25) is 0 Å². The molecule has 0 nitrogen and oxygen atoms in total. The van der Waals surface area contributed by atoms with E-state index in [1.54, 1.807) is 0 Å². The molecule has 0 amide bonds. The zero-order valence-corrected chi connectivity index (χ0v) is 41.9. The van der Waals surface area contributed by atoms with Gasteiger partial charge in [-0.15, -0.1) is 0 Å². The van der Waals surface area contributed by atoms with Crippen LogP contribution in [0.4, 0.5) is 0 Å². The van der Waals surface area contributed by atoms with E-state index in [0.29, 0.717) is 0 Å². The number of hydrogen-bond acceptors (Lipinski definition) is 0. The molecular weight excluding hydrogens is 831 g/mol. The van der Waals surface area contributed by atoms with E-state index in [2.05, 4.69) is 220 Å². The van der Waals surface area contributed by atoms with Crippen LogP contribution in [0, 0.1) is 62.3 Å². The fourth-order valence-corrected chi connectivity index (χ4v) is 18.3. The van der Waals surface area contributed by atoms with Crippen molar-refractivity contribution in [2.45, 2.75) is 95.0 Å². The zero-order chi connectivity index (χ0) is 40.4. The Hall–Kier alpha value is -3.40. The summed E-state index contributed by atoms with van der Waals surface area (Å²) in [5, 5.41) is 4.13. The summed E-state index contributed by atoms with van der Waals surface area (Å²) in [7, 11) is -2.92. The van der Waals surface area contributed by atoms with Crippen LogP contribution in [-0.2, 0) is 20.4 Å². The molecule has 0 aromatic heterocycles. The molecule has 59 heavy (non-hydrogen) atoms. The maximum absolute atomic E-state index is 2.92. The third-order valence-electron chi connectivity index (χ3n) is 13.4. The van der Waals surface area contributed by atoms with E-state index in [0.717, 1.165) is 0 Å². The number of halogens is 3. The van der Waals surface area contributed by atoms with Crippen molar-refractivity contribution in [3.8, 4) is 33.4 Å². The third kappa shape index (κ3) is 7.98. The van der Waals surface area contributed by atoms with E-state index in [9.17, 15) is 0 Å². The Morgan fingerprint density at radius 3 is 0.814 bits per heavy atom. The van der Waals surface area contributed by atoms with Crippen molar-refractivity contribution in [3.63, 3.8) is 0 Å². The summed E-state index contributed by atoms with van der Waals surface area (Å²) < 4.78 is 1.50. The molecule has 7 rings (SSSR count). The smallest absolute Gasteiger partial charge is 1.00 e. The van der Waals surface area contributed by atoms with Crippen molar-refractivity contribution < 1.29 is 57.7 Å². The van der Waals surface area contributed by atoms with Gasteiger partial charge in [0.2, 0.25) is 0 Å². The van der Waals surface area contributed by atoms with Gasteiger partial charge in [0, 0.05) is 0 Å². The average molecular weight is 888 g/mol. The van der Waals surface area contributed by atoms with Crippen molar-refractivity contribution in [3.05, 3.63) is 180 Å². The van der Waals surface area contributed by atoms with Gasteiger partial charge < -0.3 is 37.2 Å². The summed E-state index contributed by atoms with van der Waals surface area (Å²) in [4.78, 5) is 0. The molecule has 302 valence electrons. The number of allylic oxidation sites excluding steroid dienone is 4. The van der Waals surface area contributed by atoms with Gasteiger partial charge in [-0.2, -0.15) is 0 Å². The molecule has 0 spiro atoms. The van der Waals surface area contributed by atoms with Crippen LogP contribution in [0.2, 0.25) is 5.04 Å². The molecule has 0 heterocycles. The van der Waals surface area contributed by atoms with E-state index in [1.807, 2.05) is 0 Å². The molecule has 1 aliphatic carbocycles. The van der Waals surface area contributed by atoms with Crippen LogP contribution in [0.25, 0.3) is 33.4 Å². The van der Waals surface area contributed by atoms with Crippen LogP contribution in [-0.4, -0.2) is 8.07 Å². The van der Waals surface area contributed by atoms with Crippen molar-refractivity contribution in [2.24, 2.45) is 0 Å². The maximum atomic E-state index is 2.58. The quantitative estimate of drug-likeness (QED) is 0.169. The van der Waals surface area contributed by atoms with Gasteiger partial charge in [-0.1, -0.05) is 0 Å². The van der Waals surface area contributed by atoms with E-state index in [1.165, 1.54) is 120 Å². The summed E-state index contributed by atoms with van der Waals surface area (Å²) in [5.74, 6) is 0. The zero-order valence-electron chi connectivity index (χ0n) is 37.0. The Kier molecular flexibility index (Phi) is 15.0. The van der Waals surface area contributed by atoms with Gasteiger partial charge in [-0.25, -0.2) is 0 Å². The Labute approximate surface area is 386 Å². The molecule has 6 aromatic carbocycles. The monoisotopic (exact) mass is 886 g/mol. The van der Waals surface area contributed by atoms with Crippen LogP contribution >= 0.6 is 0 Å². The van der Waals surface area contributed by atoms with E-state index in [-0.39, 0.29) is 42.3 Å². The molecule has 0 bridgehead atoms. The largest absolute Gasteiger partial charge is 1.00 e. The molecule has 1 aliphatic rings. The van der Waals surface area contributed by atoms with Gasteiger partial charge in [0.05, 0.1) is 0 Å². The fraction of sp³-hybridized carbons (Fsp3) is 0.259. The normalized spacial score (nSPS) is 15.2. The van der Waals surface area contributed by atoms with Crippen LogP contribution in [0.1, 0.15) is 77.8 Å². The van der Waals surface area contributed by atoms with Crippen LogP contribution in [0.15, 0.2) is 130 Å². The third-order valence-corrected chi connectivity index (χ3v) is 20.8. The van der Waals surface area contributed by atoms with Crippen molar-refractivity contribution in [2.75, 3.05) is 0 Å². The van der Waals surface area contributed by atoms with Gasteiger partial charge in [0.15, 0.2) is 0 Å². The first kappa shape index (κ1) is 48.3. The fourth-order valence-electron chi connectivity index (χ4n) is 10.8. The standard InChI is InChI=1S/C54H57Si.3ClH.Ti/c1-33-26-36(4)51(37(5)27-33)45-14-20-48(21-15-45)55(54(13)32-42(10)43(11)44(54)12,49-22-16-46(17-23-49)52-38(6)28-34(2)29-39(52)7)50-24-18-47(19-25-50)53-40(8)30-35(3)31-41(53)9;;;;/h14-31H,1-13H3;3*1H;/q;;;;+3/p-3. The second-order valence-corrected chi connectivity index (χ2v) is 22.2. The van der Waals surface area contributed by atoms with Crippen LogP contribution in [0.5, 0.6) is 0 Å². The molecule has 6 aromatic rings. The molecule has 0 N–H and O–H groups in total. The predicted molar refractivity (Wildman–Crippen MR) is 242 cm³/mol. The predicted octanol–water partition coefficient (Wildman–Crippen LogP) is 3.88. The Bertz CT molecular complexity index is 2260. The molecule has 5 heteroatoms. The van der Waals surface area contributed by atoms with Crippen molar-refractivity contribution in [1.82, 2.24) is 0 Å². The minimum Gasteiger partial charge on any atom is -1.00 e. The second kappa shape index (κ2) is 18.3. The van der Waals surface area contributed by atoms with Gasteiger partial charge >= 0.3 is 352 Å². The van der Waals surface area contributed by atoms with Gasteiger partial charge in [0.25, 0.3) is 0 Å². The maximum Gasteiger partial charge on any atom is -1.00 e. The van der Waals surface area contributed by atoms with E-state index >= 15 is 0 Å². The molecule has 0 radical (unpaired) electrons. The topological polar surface area (TPSA) is 0 Å². The Morgan fingerprint density at radius 1 is 0.373 bits per heavy atom.